The van der Waals surface area contributed by atoms with Crippen LogP contribution >= 0.6 is 11.3 Å². The van der Waals surface area contributed by atoms with E-state index in [9.17, 15) is 15.2 Å². The third-order valence-corrected chi connectivity index (χ3v) is 8.86. The molecule has 1 saturated carbocycles. The number of nitriles is 1. The number of nitrogens with one attached hydrogen (secondary N) is 2. The molecule has 0 aromatic carbocycles. The van der Waals surface area contributed by atoms with Gasteiger partial charge in [0.1, 0.15) is 11.7 Å². The standard InChI is InChI=1S/C29H33N9O2S/c1-16(2)33-22-10-23(24-8-7-20-9-17(11-30)12-32-38(20)24)31-13-21(22)26-35-36-28(41-26)37-14-18-5-6-19(15-37)25(18)34-27(39)29(3,4)40/h7-10,12-13,16,18-19,25,40H,5-6,14-15H2,1-4H3,(H,31,33)(H,34,39). The molecular weight excluding hydrogens is 538 g/mol. The number of amides is 1. The van der Waals surface area contributed by atoms with Crippen molar-refractivity contribution >= 4 is 33.6 Å². The summed E-state index contributed by atoms with van der Waals surface area (Å²) in [5, 5.41) is 41.1. The van der Waals surface area contributed by atoms with E-state index in [4.69, 9.17) is 4.98 Å². The summed E-state index contributed by atoms with van der Waals surface area (Å²) in [5.74, 6) is 0.297. The maximum absolute atomic E-state index is 12.4. The van der Waals surface area contributed by atoms with Gasteiger partial charge in [-0.25, -0.2) is 4.52 Å². The average Bonchev–Trinajstić information content (AvgIpc) is 3.63. The van der Waals surface area contributed by atoms with E-state index in [1.807, 2.05) is 24.4 Å². The van der Waals surface area contributed by atoms with Crippen LogP contribution in [0, 0.1) is 23.2 Å². The quantitative estimate of drug-likeness (QED) is 0.302. The normalized spacial score (nSPS) is 20.4. The Morgan fingerprint density at radius 3 is 2.61 bits per heavy atom. The van der Waals surface area contributed by atoms with Crippen molar-refractivity contribution in [3.8, 4) is 28.0 Å². The Balaban J connectivity index is 1.25. The molecule has 2 atom stereocenters. The molecule has 2 aliphatic rings. The van der Waals surface area contributed by atoms with Crippen LogP contribution in [0.2, 0.25) is 0 Å². The first-order valence-corrected chi connectivity index (χ1v) is 14.7. The van der Waals surface area contributed by atoms with Gasteiger partial charge in [-0.15, -0.1) is 10.2 Å². The van der Waals surface area contributed by atoms with Crippen LogP contribution in [0.25, 0.3) is 27.5 Å². The third kappa shape index (κ3) is 5.23. The van der Waals surface area contributed by atoms with E-state index >= 15 is 0 Å². The van der Waals surface area contributed by atoms with Crippen LogP contribution in [0.3, 0.4) is 0 Å². The smallest absolute Gasteiger partial charge is 0.251 e. The Bertz CT molecular complexity index is 1630. The van der Waals surface area contributed by atoms with Crippen molar-refractivity contribution in [3.05, 3.63) is 42.2 Å². The molecule has 5 heterocycles. The first kappa shape index (κ1) is 27.1. The number of fused-ring (bicyclic) bond motifs is 3. The van der Waals surface area contributed by atoms with Crippen LogP contribution in [-0.4, -0.2) is 66.6 Å². The predicted octanol–water partition coefficient (Wildman–Crippen LogP) is 3.71. The van der Waals surface area contributed by atoms with Crippen LogP contribution in [0.5, 0.6) is 0 Å². The van der Waals surface area contributed by atoms with E-state index in [-0.39, 0.29) is 18.0 Å². The predicted molar refractivity (Wildman–Crippen MR) is 157 cm³/mol. The van der Waals surface area contributed by atoms with Gasteiger partial charge < -0.3 is 20.6 Å². The summed E-state index contributed by atoms with van der Waals surface area (Å²) in [6, 6.07) is 10.1. The number of aromatic nitrogens is 5. The van der Waals surface area contributed by atoms with E-state index in [1.165, 1.54) is 13.8 Å². The largest absolute Gasteiger partial charge is 0.382 e. The van der Waals surface area contributed by atoms with Gasteiger partial charge in [-0.2, -0.15) is 10.4 Å². The Labute approximate surface area is 242 Å². The van der Waals surface area contributed by atoms with Gasteiger partial charge in [0.25, 0.3) is 5.91 Å². The van der Waals surface area contributed by atoms with Crippen molar-refractivity contribution in [2.75, 3.05) is 23.3 Å². The molecule has 1 aliphatic carbocycles. The van der Waals surface area contributed by atoms with Gasteiger partial charge in [0.2, 0.25) is 5.13 Å². The van der Waals surface area contributed by atoms with Gasteiger partial charge in [-0.3, -0.25) is 9.78 Å². The lowest BCUT2D eigenvalue weighted by molar-refractivity contribution is -0.137. The van der Waals surface area contributed by atoms with E-state index in [0.29, 0.717) is 17.4 Å². The minimum absolute atomic E-state index is 0.0715. The fourth-order valence-electron chi connectivity index (χ4n) is 5.85. The van der Waals surface area contributed by atoms with Gasteiger partial charge in [-0.1, -0.05) is 11.3 Å². The first-order chi connectivity index (χ1) is 19.6. The monoisotopic (exact) mass is 571 g/mol. The van der Waals surface area contributed by atoms with Crippen LogP contribution in [0.4, 0.5) is 10.8 Å². The molecular formula is C29H33N9O2S. The highest BCUT2D eigenvalue weighted by molar-refractivity contribution is 7.18. The van der Waals surface area contributed by atoms with Crippen LogP contribution in [-0.2, 0) is 4.79 Å². The Hall–Kier alpha value is -4.08. The summed E-state index contributed by atoms with van der Waals surface area (Å²) < 4.78 is 1.78. The molecule has 2 unspecified atom stereocenters. The molecule has 212 valence electrons. The lowest BCUT2D eigenvalue weighted by atomic mass is 9.91. The third-order valence-electron chi connectivity index (χ3n) is 7.84. The fourth-order valence-corrected chi connectivity index (χ4v) is 6.73. The molecule has 2 fully saturated rings. The van der Waals surface area contributed by atoms with Crippen molar-refractivity contribution < 1.29 is 9.90 Å². The van der Waals surface area contributed by atoms with E-state index in [2.05, 4.69) is 50.7 Å². The number of rotatable bonds is 7. The Kier molecular flexibility index (Phi) is 6.87. The summed E-state index contributed by atoms with van der Waals surface area (Å²) in [7, 11) is 0. The molecule has 1 aliphatic heterocycles. The van der Waals surface area contributed by atoms with Gasteiger partial charge in [0.05, 0.1) is 34.2 Å². The molecule has 1 saturated heterocycles. The minimum Gasteiger partial charge on any atom is -0.382 e. The number of hydrogen-bond acceptors (Lipinski definition) is 10. The number of anilines is 2. The fraction of sp³-hybridized carbons (Fsp3) is 0.448. The SMILES string of the molecule is CC(C)Nc1cc(-c2ccc3cc(C#N)cnn23)ncc1-c1nnc(N2CC3CCC(C2)C3NC(=O)C(C)(C)O)s1. The first-order valence-electron chi connectivity index (χ1n) is 13.9. The second kappa shape index (κ2) is 10.4. The van der Waals surface area contributed by atoms with Gasteiger partial charge in [-0.05, 0) is 76.6 Å². The zero-order chi connectivity index (χ0) is 28.9. The van der Waals surface area contributed by atoms with E-state index in [0.717, 1.165) is 64.2 Å². The zero-order valence-electron chi connectivity index (χ0n) is 23.5. The molecule has 12 heteroatoms. The zero-order valence-corrected chi connectivity index (χ0v) is 24.3. The molecule has 11 nitrogen and oxygen atoms in total. The minimum atomic E-state index is -1.39. The molecule has 3 N–H and O–H groups in total. The lowest BCUT2D eigenvalue weighted by Crippen LogP contribution is -2.56. The van der Waals surface area contributed by atoms with Crippen molar-refractivity contribution in [2.24, 2.45) is 11.8 Å². The second-order valence-electron chi connectivity index (χ2n) is 11.8. The van der Waals surface area contributed by atoms with Crippen molar-refractivity contribution in [1.29, 1.82) is 5.26 Å². The van der Waals surface area contributed by atoms with E-state index < -0.39 is 5.60 Å². The maximum atomic E-state index is 12.4. The number of carbonyl (C=O) groups is 1. The summed E-state index contributed by atoms with van der Waals surface area (Å²) in [6.45, 7) is 8.80. The summed E-state index contributed by atoms with van der Waals surface area (Å²) >= 11 is 1.54. The van der Waals surface area contributed by atoms with E-state index in [1.54, 1.807) is 28.1 Å². The lowest BCUT2D eigenvalue weighted by Gasteiger charge is -2.38. The number of carbonyl (C=O) groups excluding carboxylic acids is 1. The summed E-state index contributed by atoms with van der Waals surface area (Å²) in [5.41, 5.74) is 3.32. The second-order valence-corrected chi connectivity index (χ2v) is 12.7. The average molecular weight is 572 g/mol. The summed E-state index contributed by atoms with van der Waals surface area (Å²) in [4.78, 5) is 19.5. The van der Waals surface area contributed by atoms with Crippen LogP contribution in [0.1, 0.15) is 46.1 Å². The van der Waals surface area contributed by atoms with Gasteiger partial charge in [0.15, 0.2) is 5.01 Å². The number of nitrogens with zero attached hydrogens (tertiary/aromatic N) is 7. The molecule has 4 aromatic rings. The summed E-state index contributed by atoms with van der Waals surface area (Å²) in [6.07, 6.45) is 5.46. The van der Waals surface area contributed by atoms with Crippen LogP contribution in [0.15, 0.2) is 36.7 Å². The number of pyridine rings is 1. The highest BCUT2D eigenvalue weighted by atomic mass is 32.1. The number of hydrogen-bond donors (Lipinski definition) is 3. The molecule has 4 aromatic heterocycles. The van der Waals surface area contributed by atoms with Crippen molar-refractivity contribution in [2.45, 2.75) is 58.2 Å². The molecule has 0 spiro atoms. The topological polar surface area (TPSA) is 144 Å². The maximum Gasteiger partial charge on any atom is 0.251 e. The van der Waals surface area contributed by atoms with Crippen molar-refractivity contribution in [3.63, 3.8) is 0 Å². The molecule has 6 rings (SSSR count). The Morgan fingerprint density at radius 2 is 1.93 bits per heavy atom. The number of aliphatic hydroxyl groups is 1. The molecule has 1 amide bonds. The van der Waals surface area contributed by atoms with Crippen molar-refractivity contribution in [1.82, 2.24) is 30.1 Å². The van der Waals surface area contributed by atoms with Crippen LogP contribution < -0.4 is 15.5 Å². The molecule has 0 radical (unpaired) electrons. The highest BCUT2D eigenvalue weighted by Crippen LogP contribution is 2.41. The Morgan fingerprint density at radius 1 is 1.17 bits per heavy atom. The highest BCUT2D eigenvalue weighted by Gasteiger charge is 2.44. The van der Waals surface area contributed by atoms with Gasteiger partial charge in [0, 0.05) is 37.1 Å². The van der Waals surface area contributed by atoms with Gasteiger partial charge >= 0.3 is 0 Å². The number of piperidine rings is 1. The molecule has 2 bridgehead atoms. The molecule has 41 heavy (non-hydrogen) atoms.